The molecule has 5 heteroatoms. The molecule has 1 aliphatic rings. The number of carbonyl (C=O) groups excluding carboxylic acids is 1. The van der Waals surface area contributed by atoms with Crippen LogP contribution in [0.3, 0.4) is 0 Å². The molecule has 100 valence electrons. The van der Waals surface area contributed by atoms with Crippen molar-refractivity contribution in [2.24, 2.45) is 5.92 Å². The number of hydrogen-bond acceptors (Lipinski definition) is 3. The summed E-state index contributed by atoms with van der Waals surface area (Å²) >= 11 is 0. The summed E-state index contributed by atoms with van der Waals surface area (Å²) in [6, 6.07) is 1.94. The van der Waals surface area contributed by atoms with Gasteiger partial charge in [-0.3, -0.25) is 9.89 Å². The molecule has 0 aromatic carbocycles. The van der Waals surface area contributed by atoms with Gasteiger partial charge in [-0.2, -0.15) is 5.10 Å². The largest absolute Gasteiger partial charge is 0.317 e. The topological polar surface area (TPSA) is 69.8 Å². The van der Waals surface area contributed by atoms with Crippen LogP contribution in [0.15, 0.2) is 6.07 Å². The third kappa shape index (κ3) is 3.57. The van der Waals surface area contributed by atoms with Crippen molar-refractivity contribution in [3.8, 4) is 0 Å². The van der Waals surface area contributed by atoms with Crippen molar-refractivity contribution in [2.45, 2.75) is 39.0 Å². The molecular weight excluding hydrogens is 228 g/mol. The zero-order chi connectivity index (χ0) is 12.8. The van der Waals surface area contributed by atoms with E-state index in [1.807, 2.05) is 6.07 Å². The Hall–Kier alpha value is -1.36. The third-order valence-electron chi connectivity index (χ3n) is 3.39. The molecule has 1 aromatic rings. The number of hydrogen-bond donors (Lipinski definition) is 3. The zero-order valence-electron chi connectivity index (χ0n) is 11.0. The zero-order valence-corrected chi connectivity index (χ0v) is 11.0. The number of amides is 1. The molecule has 2 heterocycles. The number of anilines is 1. The molecular formula is C13H22N4O. The Morgan fingerprint density at radius 3 is 3.00 bits per heavy atom. The molecule has 18 heavy (non-hydrogen) atoms. The van der Waals surface area contributed by atoms with Gasteiger partial charge < -0.3 is 10.6 Å². The summed E-state index contributed by atoms with van der Waals surface area (Å²) in [5, 5.41) is 13.3. The highest BCUT2D eigenvalue weighted by Crippen LogP contribution is 2.15. The first-order chi connectivity index (χ1) is 8.79. The maximum Gasteiger partial charge on any atom is 0.228 e. The van der Waals surface area contributed by atoms with E-state index in [1.54, 1.807) is 0 Å². The fourth-order valence-electron chi connectivity index (χ4n) is 2.23. The second-order valence-corrected chi connectivity index (χ2v) is 4.90. The minimum atomic E-state index is 0.102. The summed E-state index contributed by atoms with van der Waals surface area (Å²) in [5.41, 5.74) is 1.09. The lowest BCUT2D eigenvalue weighted by Crippen LogP contribution is -2.34. The van der Waals surface area contributed by atoms with Gasteiger partial charge in [0, 0.05) is 17.7 Å². The van der Waals surface area contributed by atoms with Gasteiger partial charge >= 0.3 is 0 Å². The molecule has 1 fully saturated rings. The smallest absolute Gasteiger partial charge is 0.228 e. The van der Waals surface area contributed by atoms with Crippen LogP contribution in [0.4, 0.5) is 5.82 Å². The molecule has 0 spiro atoms. The Kier molecular flexibility index (Phi) is 4.75. The molecule has 0 saturated carbocycles. The first kappa shape index (κ1) is 13.1. The van der Waals surface area contributed by atoms with Gasteiger partial charge in [0.2, 0.25) is 5.91 Å². The Balaban J connectivity index is 1.84. The predicted octanol–water partition coefficient (Wildman–Crippen LogP) is 1.69. The number of piperidine rings is 1. The van der Waals surface area contributed by atoms with Crippen molar-refractivity contribution in [1.29, 1.82) is 0 Å². The van der Waals surface area contributed by atoms with E-state index in [2.05, 4.69) is 27.8 Å². The molecule has 5 nitrogen and oxygen atoms in total. The summed E-state index contributed by atoms with van der Waals surface area (Å²) in [6.07, 6.45) is 5.13. The quantitative estimate of drug-likeness (QED) is 0.745. The van der Waals surface area contributed by atoms with Crippen LogP contribution >= 0.6 is 0 Å². The Morgan fingerprint density at radius 1 is 1.50 bits per heavy atom. The monoisotopic (exact) mass is 250 g/mol. The molecule has 3 N–H and O–H groups in total. The lowest BCUT2D eigenvalue weighted by atomic mass is 9.97. The number of aromatic nitrogens is 2. The van der Waals surface area contributed by atoms with E-state index >= 15 is 0 Å². The minimum Gasteiger partial charge on any atom is -0.317 e. The maximum atomic E-state index is 12.0. The summed E-state index contributed by atoms with van der Waals surface area (Å²) in [5.74, 6) is 0.886. The summed E-state index contributed by atoms with van der Waals surface area (Å²) in [6.45, 7) is 4.02. The molecule has 2 rings (SSSR count). The molecule has 0 atom stereocenters. The van der Waals surface area contributed by atoms with Crippen LogP contribution < -0.4 is 10.6 Å². The first-order valence-corrected chi connectivity index (χ1v) is 6.85. The van der Waals surface area contributed by atoms with E-state index in [0.29, 0.717) is 5.82 Å². The van der Waals surface area contributed by atoms with E-state index in [0.717, 1.165) is 50.9 Å². The predicted molar refractivity (Wildman–Crippen MR) is 71.4 cm³/mol. The van der Waals surface area contributed by atoms with E-state index in [9.17, 15) is 4.79 Å². The van der Waals surface area contributed by atoms with E-state index < -0.39 is 0 Å². The highest BCUT2D eigenvalue weighted by atomic mass is 16.2. The minimum absolute atomic E-state index is 0.102. The molecule has 1 amide bonds. The van der Waals surface area contributed by atoms with Crippen LogP contribution in [0.1, 0.15) is 38.3 Å². The Morgan fingerprint density at radius 2 is 2.28 bits per heavy atom. The second kappa shape index (κ2) is 6.54. The molecule has 1 aromatic heterocycles. The van der Waals surface area contributed by atoms with Crippen molar-refractivity contribution in [2.75, 3.05) is 18.4 Å². The molecule has 0 radical (unpaired) electrons. The van der Waals surface area contributed by atoms with Gasteiger partial charge in [-0.25, -0.2) is 0 Å². The van der Waals surface area contributed by atoms with Crippen molar-refractivity contribution < 1.29 is 4.79 Å². The summed E-state index contributed by atoms with van der Waals surface area (Å²) < 4.78 is 0. The number of carbonyl (C=O) groups is 1. The second-order valence-electron chi connectivity index (χ2n) is 4.90. The lowest BCUT2D eigenvalue weighted by molar-refractivity contribution is -0.120. The van der Waals surface area contributed by atoms with Gasteiger partial charge in [-0.15, -0.1) is 0 Å². The van der Waals surface area contributed by atoms with Gasteiger partial charge in [-0.1, -0.05) is 13.3 Å². The summed E-state index contributed by atoms with van der Waals surface area (Å²) in [4.78, 5) is 12.0. The fraction of sp³-hybridized carbons (Fsp3) is 0.692. The van der Waals surface area contributed by atoms with Gasteiger partial charge in [0.05, 0.1) is 0 Å². The lowest BCUT2D eigenvalue weighted by Gasteiger charge is -2.21. The highest BCUT2D eigenvalue weighted by molar-refractivity contribution is 5.91. The molecule has 0 bridgehead atoms. The van der Waals surface area contributed by atoms with Crippen LogP contribution in [0.5, 0.6) is 0 Å². The summed E-state index contributed by atoms with van der Waals surface area (Å²) in [7, 11) is 0. The van der Waals surface area contributed by atoms with Gasteiger partial charge in [0.15, 0.2) is 5.82 Å². The maximum absolute atomic E-state index is 12.0. The average Bonchev–Trinajstić information content (AvgIpc) is 2.85. The van der Waals surface area contributed by atoms with E-state index in [1.165, 1.54) is 0 Å². The van der Waals surface area contributed by atoms with Crippen molar-refractivity contribution in [1.82, 2.24) is 15.5 Å². The number of H-pyrrole nitrogens is 1. The van der Waals surface area contributed by atoms with Gasteiger partial charge in [-0.05, 0) is 38.8 Å². The standard InChI is InChI=1S/C13H22N4O/c1-2-3-4-11-9-12(17-16-11)15-13(18)10-5-7-14-8-6-10/h9-10,14H,2-8H2,1H3,(H2,15,16,17,18). The van der Waals surface area contributed by atoms with Crippen LogP contribution in [0.25, 0.3) is 0 Å². The van der Waals surface area contributed by atoms with E-state index in [-0.39, 0.29) is 11.8 Å². The Bertz CT molecular complexity index is 382. The molecule has 0 unspecified atom stereocenters. The number of aromatic amines is 1. The van der Waals surface area contributed by atoms with Gasteiger partial charge in [0.25, 0.3) is 0 Å². The number of nitrogens with one attached hydrogen (secondary N) is 3. The number of nitrogens with zero attached hydrogens (tertiary/aromatic N) is 1. The highest BCUT2D eigenvalue weighted by Gasteiger charge is 2.21. The van der Waals surface area contributed by atoms with Crippen LogP contribution in [0.2, 0.25) is 0 Å². The third-order valence-corrected chi connectivity index (χ3v) is 3.39. The molecule has 1 saturated heterocycles. The van der Waals surface area contributed by atoms with Crippen LogP contribution in [0, 0.1) is 5.92 Å². The van der Waals surface area contributed by atoms with Crippen LogP contribution in [-0.4, -0.2) is 29.2 Å². The SMILES string of the molecule is CCCCc1cc(NC(=O)C2CCNCC2)n[nH]1. The number of aryl methyl sites for hydroxylation is 1. The fourth-order valence-corrected chi connectivity index (χ4v) is 2.23. The van der Waals surface area contributed by atoms with Crippen molar-refractivity contribution >= 4 is 11.7 Å². The van der Waals surface area contributed by atoms with Crippen LogP contribution in [-0.2, 0) is 11.2 Å². The molecule has 1 aliphatic heterocycles. The average molecular weight is 250 g/mol. The number of unbranched alkanes of at least 4 members (excludes halogenated alkanes) is 1. The van der Waals surface area contributed by atoms with Crippen molar-refractivity contribution in [3.05, 3.63) is 11.8 Å². The van der Waals surface area contributed by atoms with Gasteiger partial charge in [0.1, 0.15) is 0 Å². The normalized spacial score (nSPS) is 16.7. The first-order valence-electron chi connectivity index (χ1n) is 6.85. The number of rotatable bonds is 5. The van der Waals surface area contributed by atoms with E-state index in [4.69, 9.17) is 0 Å². The molecule has 0 aliphatic carbocycles. The van der Waals surface area contributed by atoms with Crippen molar-refractivity contribution in [3.63, 3.8) is 0 Å². The Labute approximate surface area is 108 Å².